The molecule has 3 unspecified atom stereocenters. The highest BCUT2D eigenvalue weighted by molar-refractivity contribution is 5.85. The lowest BCUT2D eigenvalue weighted by atomic mass is 9.82. The van der Waals surface area contributed by atoms with Crippen LogP contribution in [-0.2, 0) is 4.79 Å². The average molecular weight is 532 g/mol. The first-order valence-corrected chi connectivity index (χ1v) is 14.7. The number of allylic oxidation sites excluding steroid dienone is 1. The van der Waals surface area contributed by atoms with E-state index in [2.05, 4.69) is 58.6 Å². The molecule has 1 aromatic rings. The second-order valence-corrected chi connectivity index (χ2v) is 12.4. The van der Waals surface area contributed by atoms with Crippen LogP contribution >= 0.6 is 12.4 Å². The summed E-state index contributed by atoms with van der Waals surface area (Å²) in [7, 11) is 0. The largest absolute Gasteiger partial charge is 0.483 e. The summed E-state index contributed by atoms with van der Waals surface area (Å²) in [6, 6.07) is 4.41. The van der Waals surface area contributed by atoms with Gasteiger partial charge in [0.25, 0.3) is 0 Å². The van der Waals surface area contributed by atoms with E-state index in [9.17, 15) is 4.79 Å². The Hall–Kier alpha value is -1.52. The van der Waals surface area contributed by atoms with Crippen LogP contribution in [0.25, 0.3) is 5.57 Å². The molecule has 1 aliphatic carbocycles. The number of carbonyl (C=O) groups excluding carboxylic acids is 1. The summed E-state index contributed by atoms with van der Waals surface area (Å²) in [6.07, 6.45) is 11.3. The predicted octanol–water partition coefficient (Wildman–Crippen LogP) is 8.56. The molecular formula is C32H50ClNO3. The fraction of sp³-hybridized carbons (Fsp3) is 0.719. The zero-order chi connectivity index (χ0) is 25.9. The van der Waals surface area contributed by atoms with E-state index in [1.807, 2.05) is 0 Å². The van der Waals surface area contributed by atoms with Gasteiger partial charge in [-0.25, -0.2) is 0 Å². The molecule has 37 heavy (non-hydrogen) atoms. The number of fused-ring (bicyclic) bond motifs is 2. The molecule has 4 rings (SSSR count). The van der Waals surface area contributed by atoms with Crippen molar-refractivity contribution in [3.63, 3.8) is 0 Å². The fourth-order valence-corrected chi connectivity index (χ4v) is 6.45. The Kier molecular flexibility index (Phi) is 10.6. The van der Waals surface area contributed by atoms with Gasteiger partial charge >= 0.3 is 5.97 Å². The van der Waals surface area contributed by atoms with E-state index in [1.165, 1.54) is 61.7 Å². The summed E-state index contributed by atoms with van der Waals surface area (Å²) in [6.45, 7) is 16.6. The van der Waals surface area contributed by atoms with Crippen molar-refractivity contribution in [3.8, 4) is 11.5 Å². The first-order chi connectivity index (χ1) is 17.2. The van der Waals surface area contributed by atoms with E-state index in [4.69, 9.17) is 9.47 Å². The molecule has 0 aromatic heterocycles. The van der Waals surface area contributed by atoms with Gasteiger partial charge in [0.05, 0.1) is 12.0 Å². The summed E-state index contributed by atoms with van der Waals surface area (Å²) in [5, 5.41) is 0. The number of ether oxygens (including phenoxy) is 2. The summed E-state index contributed by atoms with van der Waals surface area (Å²) in [4.78, 5) is 15.5. The lowest BCUT2D eigenvalue weighted by molar-refractivity contribution is -0.134. The molecule has 0 spiro atoms. The third-order valence-electron chi connectivity index (χ3n) is 8.90. The van der Waals surface area contributed by atoms with E-state index >= 15 is 0 Å². The number of likely N-dealkylation sites (tertiary alicyclic amines) is 1. The number of esters is 1. The van der Waals surface area contributed by atoms with Crippen molar-refractivity contribution in [2.45, 2.75) is 117 Å². The first-order valence-electron chi connectivity index (χ1n) is 14.7. The molecule has 208 valence electrons. The zero-order valence-corrected chi connectivity index (χ0v) is 25.0. The molecule has 2 aliphatic heterocycles. The van der Waals surface area contributed by atoms with E-state index in [0.29, 0.717) is 24.2 Å². The number of nitrogens with zero attached hydrogens (tertiary/aromatic N) is 1. The van der Waals surface area contributed by atoms with Gasteiger partial charge in [0.1, 0.15) is 17.1 Å². The minimum atomic E-state index is -0.322. The van der Waals surface area contributed by atoms with Gasteiger partial charge in [-0.3, -0.25) is 4.79 Å². The Labute approximate surface area is 232 Å². The van der Waals surface area contributed by atoms with E-state index in [-0.39, 0.29) is 24.0 Å². The molecule has 0 amide bonds. The van der Waals surface area contributed by atoms with Crippen LogP contribution in [0.4, 0.5) is 0 Å². The first kappa shape index (κ1) is 30.0. The molecule has 1 saturated heterocycles. The molecule has 3 aliphatic rings. The lowest BCUT2D eigenvalue weighted by Gasteiger charge is -2.36. The molecule has 2 heterocycles. The van der Waals surface area contributed by atoms with Crippen molar-refractivity contribution in [1.29, 1.82) is 0 Å². The van der Waals surface area contributed by atoms with E-state index in [0.717, 1.165) is 49.5 Å². The molecule has 1 fully saturated rings. The summed E-state index contributed by atoms with van der Waals surface area (Å²) >= 11 is 0. The number of carbonyl (C=O) groups is 1. The number of rotatable bonds is 10. The van der Waals surface area contributed by atoms with Gasteiger partial charge in [-0.1, -0.05) is 59.8 Å². The third kappa shape index (κ3) is 7.12. The van der Waals surface area contributed by atoms with Crippen molar-refractivity contribution in [3.05, 3.63) is 28.8 Å². The van der Waals surface area contributed by atoms with Crippen molar-refractivity contribution in [2.75, 3.05) is 19.6 Å². The second-order valence-electron chi connectivity index (χ2n) is 12.4. The number of halogens is 1. The number of unbranched alkanes of at least 4 members (excludes halogenated alkanes) is 2. The van der Waals surface area contributed by atoms with E-state index in [1.54, 1.807) is 0 Å². The van der Waals surface area contributed by atoms with Gasteiger partial charge in [-0.05, 0) is 99.2 Å². The predicted molar refractivity (Wildman–Crippen MR) is 156 cm³/mol. The quantitative estimate of drug-likeness (QED) is 0.172. The summed E-state index contributed by atoms with van der Waals surface area (Å²) < 4.78 is 12.9. The Balaban J connectivity index is 0.00000380. The van der Waals surface area contributed by atoms with Crippen LogP contribution in [0.15, 0.2) is 17.7 Å². The molecule has 1 aromatic carbocycles. The van der Waals surface area contributed by atoms with Crippen LogP contribution in [-0.4, -0.2) is 36.1 Å². The topological polar surface area (TPSA) is 38.8 Å². The fourth-order valence-electron chi connectivity index (χ4n) is 6.45. The Bertz CT molecular complexity index is 963. The highest BCUT2D eigenvalue weighted by Gasteiger charge is 2.41. The van der Waals surface area contributed by atoms with Crippen LogP contribution in [0.1, 0.15) is 123 Å². The molecule has 0 saturated carbocycles. The van der Waals surface area contributed by atoms with Crippen LogP contribution in [0.3, 0.4) is 0 Å². The minimum absolute atomic E-state index is 0. The lowest BCUT2D eigenvalue weighted by Crippen LogP contribution is -2.34. The van der Waals surface area contributed by atoms with Crippen molar-refractivity contribution < 1.29 is 14.3 Å². The normalized spacial score (nSPS) is 22.4. The summed E-state index contributed by atoms with van der Waals surface area (Å²) in [5.41, 5.74) is 4.67. The minimum Gasteiger partial charge on any atom is -0.483 e. The average Bonchev–Trinajstić information content (AvgIpc) is 3.25. The molecule has 0 bridgehead atoms. The standard InChI is InChI=1S/C32H49NO3.ClH/c1-7-8-10-13-23(3)24(4)25-20-28(35-30(34)14-17-33-15-11-9-12-16-33)31-26-18-22(2)19-27(26)32(5,6)36-29(31)21-25;/h20-24H,7-19H2,1-6H3;1H. The summed E-state index contributed by atoms with van der Waals surface area (Å²) in [5.74, 6) is 3.02. The Morgan fingerprint density at radius 3 is 2.57 bits per heavy atom. The van der Waals surface area contributed by atoms with Crippen LogP contribution in [0, 0.1) is 11.8 Å². The van der Waals surface area contributed by atoms with Crippen molar-refractivity contribution in [2.24, 2.45) is 11.8 Å². The molecule has 3 atom stereocenters. The van der Waals surface area contributed by atoms with Crippen LogP contribution in [0.2, 0.25) is 0 Å². The highest BCUT2D eigenvalue weighted by atomic mass is 35.5. The van der Waals surface area contributed by atoms with Crippen molar-refractivity contribution in [1.82, 2.24) is 4.90 Å². The van der Waals surface area contributed by atoms with E-state index < -0.39 is 0 Å². The second kappa shape index (κ2) is 13.0. The maximum atomic E-state index is 13.1. The van der Waals surface area contributed by atoms with Crippen LogP contribution < -0.4 is 9.47 Å². The smallest absolute Gasteiger partial charge is 0.312 e. The number of hydrogen-bond donors (Lipinski definition) is 0. The number of benzene rings is 1. The maximum Gasteiger partial charge on any atom is 0.312 e. The highest BCUT2D eigenvalue weighted by Crippen LogP contribution is 2.54. The SMILES string of the molecule is CCCCCC(C)C(C)c1cc(OC(=O)CCN2CCCCC2)c2c(c1)OC(C)(C)C1=C2CC(C)C1.Cl. The van der Waals surface area contributed by atoms with Gasteiger partial charge < -0.3 is 14.4 Å². The zero-order valence-electron chi connectivity index (χ0n) is 24.2. The monoisotopic (exact) mass is 531 g/mol. The van der Waals surface area contributed by atoms with Crippen LogP contribution in [0.5, 0.6) is 11.5 Å². The molecule has 0 N–H and O–H groups in total. The van der Waals surface area contributed by atoms with Gasteiger partial charge in [-0.15, -0.1) is 12.4 Å². The maximum absolute atomic E-state index is 13.1. The Morgan fingerprint density at radius 1 is 1.14 bits per heavy atom. The Morgan fingerprint density at radius 2 is 1.86 bits per heavy atom. The number of piperidine rings is 1. The molecular weight excluding hydrogens is 482 g/mol. The van der Waals surface area contributed by atoms with Gasteiger partial charge in [0.2, 0.25) is 0 Å². The van der Waals surface area contributed by atoms with Gasteiger partial charge in [-0.2, -0.15) is 0 Å². The van der Waals surface area contributed by atoms with Gasteiger partial charge in [0, 0.05) is 6.54 Å². The molecule has 0 radical (unpaired) electrons. The third-order valence-corrected chi connectivity index (χ3v) is 8.90. The molecule has 5 heteroatoms. The van der Waals surface area contributed by atoms with Gasteiger partial charge in [0.15, 0.2) is 0 Å². The molecule has 4 nitrogen and oxygen atoms in total. The number of hydrogen-bond acceptors (Lipinski definition) is 4. The van der Waals surface area contributed by atoms with Crippen molar-refractivity contribution >= 4 is 23.9 Å².